The van der Waals surface area contributed by atoms with Gasteiger partial charge in [-0.1, -0.05) is 22.8 Å². The molecule has 0 radical (unpaired) electrons. The summed E-state index contributed by atoms with van der Waals surface area (Å²) >= 11 is 5.95. The Labute approximate surface area is 210 Å². The summed E-state index contributed by atoms with van der Waals surface area (Å²) in [5.41, 5.74) is 2.01. The number of halogens is 1. The lowest BCUT2D eigenvalue weighted by molar-refractivity contribution is -0.126. The third kappa shape index (κ3) is 6.74. The highest BCUT2D eigenvalue weighted by Crippen LogP contribution is 2.28. The van der Waals surface area contributed by atoms with Gasteiger partial charge in [0.1, 0.15) is 0 Å². The van der Waals surface area contributed by atoms with Crippen molar-refractivity contribution >= 4 is 17.5 Å². The summed E-state index contributed by atoms with van der Waals surface area (Å²) in [6.07, 6.45) is 3.55. The number of likely N-dealkylation sites (tertiary alicyclic amines) is 1. The zero-order valence-electron chi connectivity index (χ0n) is 20.1. The maximum Gasteiger partial charge on any atom is 0.241 e. The number of carbonyl (C=O) groups is 1. The summed E-state index contributed by atoms with van der Waals surface area (Å²) in [7, 11) is 3.26. The van der Waals surface area contributed by atoms with E-state index in [0.29, 0.717) is 42.1 Å². The van der Waals surface area contributed by atoms with E-state index in [1.807, 2.05) is 30.3 Å². The van der Waals surface area contributed by atoms with Crippen LogP contribution in [-0.4, -0.2) is 54.8 Å². The first-order chi connectivity index (χ1) is 17.1. The molecule has 3 aromatic rings. The third-order valence-electron chi connectivity index (χ3n) is 6.20. The molecule has 1 aromatic heterocycles. The number of aromatic nitrogens is 2. The SMILES string of the molecule is COc1ccc(CCCNC(=O)C2CCCN(Cc3nc(-c4ccc(Cl)cc4)no3)C2)cc1OC. The Bertz CT molecular complexity index is 1120. The van der Waals surface area contributed by atoms with Crippen molar-refractivity contribution < 1.29 is 18.8 Å². The molecular formula is C26H31ClN4O4. The number of ether oxygens (including phenoxy) is 2. The minimum Gasteiger partial charge on any atom is -0.493 e. The summed E-state index contributed by atoms with van der Waals surface area (Å²) < 4.78 is 16.1. The number of carbonyl (C=O) groups excluding carboxylic acids is 1. The lowest BCUT2D eigenvalue weighted by Gasteiger charge is -2.30. The Kier molecular flexibility index (Phi) is 8.60. The number of nitrogens with zero attached hydrogens (tertiary/aromatic N) is 3. The zero-order valence-corrected chi connectivity index (χ0v) is 20.9. The molecule has 1 atom stereocenters. The molecular weight excluding hydrogens is 468 g/mol. The van der Waals surface area contributed by atoms with Crippen LogP contribution in [-0.2, 0) is 17.8 Å². The molecule has 1 amide bonds. The van der Waals surface area contributed by atoms with E-state index in [0.717, 1.165) is 49.1 Å². The minimum absolute atomic E-state index is 0.0384. The molecule has 9 heteroatoms. The molecule has 4 rings (SSSR count). The number of hydrogen-bond acceptors (Lipinski definition) is 7. The molecule has 1 aliphatic heterocycles. The number of piperidine rings is 1. The molecule has 1 saturated heterocycles. The average molecular weight is 499 g/mol. The molecule has 0 bridgehead atoms. The van der Waals surface area contributed by atoms with E-state index in [1.54, 1.807) is 26.4 Å². The van der Waals surface area contributed by atoms with Crippen LogP contribution in [0.2, 0.25) is 5.02 Å². The Morgan fingerprint density at radius 1 is 1.17 bits per heavy atom. The summed E-state index contributed by atoms with van der Waals surface area (Å²) in [6, 6.07) is 13.2. The monoisotopic (exact) mass is 498 g/mol. The van der Waals surface area contributed by atoms with Crippen LogP contribution >= 0.6 is 11.6 Å². The first-order valence-corrected chi connectivity index (χ1v) is 12.2. The quantitative estimate of drug-likeness (QED) is 0.415. The smallest absolute Gasteiger partial charge is 0.241 e. The lowest BCUT2D eigenvalue weighted by Crippen LogP contribution is -2.43. The molecule has 2 aromatic carbocycles. The van der Waals surface area contributed by atoms with E-state index in [1.165, 1.54) is 0 Å². The van der Waals surface area contributed by atoms with E-state index >= 15 is 0 Å². The van der Waals surface area contributed by atoms with Gasteiger partial charge in [-0.25, -0.2) is 0 Å². The normalized spacial score (nSPS) is 16.1. The fourth-order valence-corrected chi connectivity index (χ4v) is 4.45. The van der Waals surface area contributed by atoms with Crippen molar-refractivity contribution in [3.05, 3.63) is 58.9 Å². The van der Waals surface area contributed by atoms with E-state index in [2.05, 4.69) is 20.4 Å². The number of nitrogens with one attached hydrogen (secondary N) is 1. The van der Waals surface area contributed by atoms with Gasteiger partial charge in [-0.2, -0.15) is 4.98 Å². The van der Waals surface area contributed by atoms with E-state index in [4.69, 9.17) is 25.6 Å². The van der Waals surface area contributed by atoms with Crippen LogP contribution in [0.1, 0.15) is 30.7 Å². The van der Waals surface area contributed by atoms with Crippen LogP contribution in [0.5, 0.6) is 11.5 Å². The number of benzene rings is 2. The van der Waals surface area contributed by atoms with Gasteiger partial charge in [0, 0.05) is 23.7 Å². The summed E-state index contributed by atoms with van der Waals surface area (Å²) in [6.45, 7) is 2.75. The van der Waals surface area contributed by atoms with E-state index in [9.17, 15) is 4.79 Å². The van der Waals surface area contributed by atoms with Gasteiger partial charge in [0.15, 0.2) is 11.5 Å². The first-order valence-electron chi connectivity index (χ1n) is 11.8. The van der Waals surface area contributed by atoms with Gasteiger partial charge in [0.05, 0.1) is 26.7 Å². The number of amides is 1. The Morgan fingerprint density at radius 2 is 1.97 bits per heavy atom. The molecule has 1 N–H and O–H groups in total. The number of methoxy groups -OCH3 is 2. The standard InChI is InChI=1S/C26H31ClN4O4/c1-33-22-12-7-18(15-23(22)34-2)5-3-13-28-26(32)20-6-4-14-31(16-20)17-24-29-25(30-35-24)19-8-10-21(27)11-9-19/h7-12,15,20H,3-6,13-14,16-17H2,1-2H3,(H,28,32). The maximum absolute atomic E-state index is 12.8. The summed E-state index contributed by atoms with van der Waals surface area (Å²) in [5.74, 6) is 2.59. The molecule has 8 nitrogen and oxygen atoms in total. The third-order valence-corrected chi connectivity index (χ3v) is 6.45. The van der Waals surface area contributed by atoms with Crippen molar-refractivity contribution in [2.24, 2.45) is 5.92 Å². The lowest BCUT2D eigenvalue weighted by atomic mass is 9.97. The van der Waals surface area contributed by atoms with Gasteiger partial charge in [-0.05, 0) is 74.2 Å². The predicted octanol–water partition coefficient (Wildman–Crippen LogP) is 4.37. The second-order valence-corrected chi connectivity index (χ2v) is 9.11. The molecule has 0 spiro atoms. The first kappa shape index (κ1) is 25.0. The van der Waals surface area contributed by atoms with Crippen LogP contribution in [0.3, 0.4) is 0 Å². The van der Waals surface area contributed by atoms with Crippen molar-refractivity contribution in [3.8, 4) is 22.9 Å². The van der Waals surface area contributed by atoms with Crippen molar-refractivity contribution in [2.75, 3.05) is 33.9 Å². The van der Waals surface area contributed by atoms with Crippen LogP contribution < -0.4 is 14.8 Å². The van der Waals surface area contributed by atoms with Gasteiger partial charge in [-0.3, -0.25) is 9.69 Å². The average Bonchev–Trinajstić information content (AvgIpc) is 3.35. The van der Waals surface area contributed by atoms with E-state index < -0.39 is 0 Å². The molecule has 2 heterocycles. The Hall–Kier alpha value is -3.10. The van der Waals surface area contributed by atoms with Crippen LogP contribution in [0.15, 0.2) is 47.0 Å². The molecule has 186 valence electrons. The van der Waals surface area contributed by atoms with E-state index in [-0.39, 0.29) is 11.8 Å². The fraction of sp³-hybridized carbons (Fsp3) is 0.423. The Morgan fingerprint density at radius 3 is 2.74 bits per heavy atom. The van der Waals surface area contributed by atoms with Gasteiger partial charge < -0.3 is 19.3 Å². The molecule has 0 aliphatic carbocycles. The van der Waals surface area contributed by atoms with Gasteiger partial charge in [-0.15, -0.1) is 0 Å². The predicted molar refractivity (Wildman–Crippen MR) is 134 cm³/mol. The van der Waals surface area contributed by atoms with Crippen molar-refractivity contribution in [2.45, 2.75) is 32.2 Å². The second-order valence-electron chi connectivity index (χ2n) is 8.68. The van der Waals surface area contributed by atoms with Crippen LogP contribution in [0.25, 0.3) is 11.4 Å². The zero-order chi connectivity index (χ0) is 24.6. The van der Waals surface area contributed by atoms with Gasteiger partial charge >= 0.3 is 0 Å². The molecule has 35 heavy (non-hydrogen) atoms. The highest BCUT2D eigenvalue weighted by Gasteiger charge is 2.26. The molecule has 1 fully saturated rings. The highest BCUT2D eigenvalue weighted by molar-refractivity contribution is 6.30. The summed E-state index contributed by atoms with van der Waals surface area (Å²) in [5, 5.41) is 7.85. The number of hydrogen-bond donors (Lipinski definition) is 1. The maximum atomic E-state index is 12.8. The largest absolute Gasteiger partial charge is 0.493 e. The number of rotatable bonds is 10. The Balaban J connectivity index is 1.22. The highest BCUT2D eigenvalue weighted by atomic mass is 35.5. The van der Waals surface area contributed by atoms with Crippen molar-refractivity contribution in [1.82, 2.24) is 20.4 Å². The minimum atomic E-state index is -0.0384. The van der Waals surface area contributed by atoms with Crippen LogP contribution in [0.4, 0.5) is 0 Å². The van der Waals surface area contributed by atoms with Gasteiger partial charge in [0.2, 0.25) is 17.6 Å². The van der Waals surface area contributed by atoms with Crippen molar-refractivity contribution in [3.63, 3.8) is 0 Å². The molecule has 1 aliphatic rings. The number of aryl methyl sites for hydroxylation is 1. The van der Waals surface area contributed by atoms with Crippen LogP contribution in [0, 0.1) is 5.92 Å². The summed E-state index contributed by atoms with van der Waals surface area (Å²) in [4.78, 5) is 19.5. The fourth-order valence-electron chi connectivity index (χ4n) is 4.32. The van der Waals surface area contributed by atoms with Gasteiger partial charge in [0.25, 0.3) is 0 Å². The topological polar surface area (TPSA) is 89.7 Å². The van der Waals surface area contributed by atoms with Crippen molar-refractivity contribution in [1.29, 1.82) is 0 Å². The second kappa shape index (κ2) is 12.0. The molecule has 1 unspecified atom stereocenters. The molecule has 0 saturated carbocycles.